The molecule has 7 nitrogen and oxygen atoms in total. The zero-order chi connectivity index (χ0) is 17.9. The van der Waals surface area contributed by atoms with Crippen molar-refractivity contribution in [3.63, 3.8) is 0 Å². The van der Waals surface area contributed by atoms with Crippen molar-refractivity contribution in [2.24, 2.45) is 0 Å². The predicted octanol–water partition coefficient (Wildman–Crippen LogP) is 2.28. The number of carbonyl (C=O) groups excluding carboxylic acids is 1. The molecule has 0 spiro atoms. The molecule has 1 amide bonds. The van der Waals surface area contributed by atoms with Gasteiger partial charge in [0.25, 0.3) is 5.91 Å². The maximum atomic E-state index is 12.5. The van der Waals surface area contributed by atoms with Gasteiger partial charge in [-0.25, -0.2) is 13.1 Å². The third kappa shape index (κ3) is 4.26. The first-order valence-electron chi connectivity index (χ1n) is 8.14. The second kappa shape index (κ2) is 7.37. The molecule has 2 aromatic rings. The Bertz CT molecular complexity index is 839. The van der Waals surface area contributed by atoms with Crippen LogP contribution in [0.1, 0.15) is 35.4 Å². The Morgan fingerprint density at radius 1 is 1.28 bits per heavy atom. The van der Waals surface area contributed by atoms with Gasteiger partial charge in [0.1, 0.15) is 17.0 Å². The predicted molar refractivity (Wildman–Crippen MR) is 91.5 cm³/mol. The summed E-state index contributed by atoms with van der Waals surface area (Å²) in [6.45, 7) is 2.13. The average Bonchev–Trinajstić information content (AvgIpc) is 2.97. The summed E-state index contributed by atoms with van der Waals surface area (Å²) in [4.78, 5) is 12.5. The Kier molecular flexibility index (Phi) is 5.19. The molecule has 1 unspecified atom stereocenters. The lowest BCUT2D eigenvalue weighted by Gasteiger charge is -2.22. The van der Waals surface area contributed by atoms with E-state index >= 15 is 0 Å². The van der Waals surface area contributed by atoms with Crippen LogP contribution in [0.4, 0.5) is 0 Å². The molecule has 1 aliphatic rings. The molecule has 1 fully saturated rings. The smallest absolute Gasteiger partial charge is 0.270 e. The maximum absolute atomic E-state index is 12.5. The van der Waals surface area contributed by atoms with E-state index in [-0.39, 0.29) is 23.2 Å². The highest BCUT2D eigenvalue weighted by molar-refractivity contribution is 7.90. The van der Waals surface area contributed by atoms with Crippen LogP contribution in [0.3, 0.4) is 0 Å². The van der Waals surface area contributed by atoms with Gasteiger partial charge < -0.3 is 9.26 Å². The number of nitrogens with one attached hydrogen (secondary N) is 1. The van der Waals surface area contributed by atoms with E-state index < -0.39 is 15.9 Å². The molecule has 1 aromatic carbocycles. The molecule has 1 N–H and O–H groups in total. The summed E-state index contributed by atoms with van der Waals surface area (Å²) in [6.07, 6.45) is 2.16. The van der Waals surface area contributed by atoms with Crippen LogP contribution in [-0.4, -0.2) is 37.9 Å². The largest absolute Gasteiger partial charge is 0.377 e. The number of aryl methyl sites for hydroxylation is 1. The summed E-state index contributed by atoms with van der Waals surface area (Å²) in [5, 5.41) is 3.90. The average molecular weight is 364 g/mol. The van der Waals surface area contributed by atoms with Gasteiger partial charge in [0, 0.05) is 12.2 Å². The molecule has 0 aliphatic carbocycles. The van der Waals surface area contributed by atoms with Gasteiger partial charge in [-0.2, -0.15) is 0 Å². The summed E-state index contributed by atoms with van der Waals surface area (Å²) >= 11 is 0. The second-order valence-electron chi connectivity index (χ2n) is 6.03. The molecule has 25 heavy (non-hydrogen) atoms. The van der Waals surface area contributed by atoms with Crippen LogP contribution in [-0.2, 0) is 14.8 Å². The SMILES string of the molecule is Cc1onc(-c2ccccc2)c1C(=O)NS(=O)(=O)CC1CCCCO1. The van der Waals surface area contributed by atoms with Crippen LogP contribution in [0.15, 0.2) is 34.9 Å². The van der Waals surface area contributed by atoms with Crippen molar-refractivity contribution in [3.05, 3.63) is 41.7 Å². The normalized spacial score (nSPS) is 18.0. The second-order valence-corrected chi connectivity index (χ2v) is 7.80. The summed E-state index contributed by atoms with van der Waals surface area (Å²) < 4.78 is 37.3. The fourth-order valence-corrected chi connectivity index (χ4v) is 4.07. The summed E-state index contributed by atoms with van der Waals surface area (Å²) in [6, 6.07) is 9.00. The molecule has 1 saturated heterocycles. The molecule has 0 bridgehead atoms. The minimum Gasteiger partial charge on any atom is -0.377 e. The first kappa shape index (κ1) is 17.6. The van der Waals surface area contributed by atoms with Gasteiger partial charge in [0.15, 0.2) is 0 Å². The highest BCUT2D eigenvalue weighted by atomic mass is 32.2. The summed E-state index contributed by atoms with van der Waals surface area (Å²) in [5.74, 6) is -0.710. The third-order valence-corrected chi connectivity index (χ3v) is 5.37. The Morgan fingerprint density at radius 3 is 2.72 bits per heavy atom. The first-order chi connectivity index (χ1) is 12.0. The van der Waals surface area contributed by atoms with E-state index in [1.54, 1.807) is 31.2 Å². The summed E-state index contributed by atoms with van der Waals surface area (Å²) in [5.41, 5.74) is 1.12. The van der Waals surface area contributed by atoms with Crippen LogP contribution >= 0.6 is 0 Å². The van der Waals surface area contributed by atoms with E-state index in [2.05, 4.69) is 9.88 Å². The van der Waals surface area contributed by atoms with E-state index in [1.165, 1.54) is 0 Å². The molecule has 2 heterocycles. The number of ether oxygens (including phenoxy) is 1. The van der Waals surface area contributed by atoms with Crippen LogP contribution < -0.4 is 4.72 Å². The van der Waals surface area contributed by atoms with Gasteiger partial charge in [0.05, 0.1) is 11.9 Å². The minimum absolute atomic E-state index is 0.124. The monoisotopic (exact) mass is 364 g/mol. The molecule has 0 radical (unpaired) electrons. The molecule has 1 aliphatic heterocycles. The molecule has 8 heteroatoms. The number of benzene rings is 1. The number of rotatable bonds is 5. The van der Waals surface area contributed by atoms with Crippen molar-refractivity contribution in [3.8, 4) is 11.3 Å². The van der Waals surface area contributed by atoms with Crippen molar-refractivity contribution >= 4 is 15.9 Å². The number of nitrogens with zero attached hydrogens (tertiary/aromatic N) is 1. The molecular formula is C17H20N2O5S. The van der Waals surface area contributed by atoms with Crippen LogP contribution in [0.5, 0.6) is 0 Å². The number of sulfonamides is 1. The zero-order valence-corrected chi connectivity index (χ0v) is 14.7. The van der Waals surface area contributed by atoms with Gasteiger partial charge in [-0.1, -0.05) is 35.5 Å². The Morgan fingerprint density at radius 2 is 2.04 bits per heavy atom. The van der Waals surface area contributed by atoms with Crippen molar-refractivity contribution in [1.29, 1.82) is 0 Å². The van der Waals surface area contributed by atoms with Gasteiger partial charge in [-0.05, 0) is 26.2 Å². The fourth-order valence-electron chi connectivity index (χ4n) is 2.85. The van der Waals surface area contributed by atoms with E-state index in [4.69, 9.17) is 9.26 Å². The number of hydrogen-bond donors (Lipinski definition) is 1. The third-order valence-electron chi connectivity index (χ3n) is 4.06. The maximum Gasteiger partial charge on any atom is 0.270 e. The topological polar surface area (TPSA) is 98.5 Å². The van der Waals surface area contributed by atoms with Crippen LogP contribution in [0, 0.1) is 6.92 Å². The Labute approximate surface area is 146 Å². The lowest BCUT2D eigenvalue weighted by molar-refractivity contribution is 0.0304. The highest BCUT2D eigenvalue weighted by Crippen LogP contribution is 2.25. The zero-order valence-electron chi connectivity index (χ0n) is 13.9. The standard InChI is InChI=1S/C17H20N2O5S/c1-12-15(16(18-24-12)13-7-3-2-4-8-13)17(20)19-25(21,22)11-14-9-5-6-10-23-14/h2-4,7-8,14H,5-6,9-11H2,1H3,(H,19,20). The number of hydrogen-bond acceptors (Lipinski definition) is 6. The lowest BCUT2D eigenvalue weighted by Crippen LogP contribution is -2.38. The number of carbonyl (C=O) groups is 1. The van der Waals surface area contributed by atoms with E-state index in [0.717, 1.165) is 12.8 Å². The first-order valence-corrected chi connectivity index (χ1v) is 9.79. The van der Waals surface area contributed by atoms with Crippen molar-refractivity contribution in [2.45, 2.75) is 32.3 Å². The molecule has 134 valence electrons. The van der Waals surface area contributed by atoms with Crippen molar-refractivity contribution in [1.82, 2.24) is 9.88 Å². The Balaban J connectivity index is 1.78. The Hall–Kier alpha value is -2.19. The molecule has 1 aromatic heterocycles. The number of amides is 1. The van der Waals surface area contributed by atoms with Gasteiger partial charge in [-0.15, -0.1) is 0 Å². The van der Waals surface area contributed by atoms with Crippen molar-refractivity contribution in [2.75, 3.05) is 12.4 Å². The van der Waals surface area contributed by atoms with E-state index in [9.17, 15) is 13.2 Å². The molecule has 1 atom stereocenters. The van der Waals surface area contributed by atoms with Crippen molar-refractivity contribution < 1.29 is 22.5 Å². The lowest BCUT2D eigenvalue weighted by atomic mass is 10.1. The van der Waals surface area contributed by atoms with Crippen LogP contribution in [0.25, 0.3) is 11.3 Å². The molecular weight excluding hydrogens is 344 g/mol. The van der Waals surface area contributed by atoms with Gasteiger partial charge in [0.2, 0.25) is 10.0 Å². The quantitative estimate of drug-likeness (QED) is 0.874. The molecule has 0 saturated carbocycles. The minimum atomic E-state index is -3.82. The molecule has 3 rings (SSSR count). The van der Waals surface area contributed by atoms with Gasteiger partial charge >= 0.3 is 0 Å². The number of aromatic nitrogens is 1. The van der Waals surface area contributed by atoms with E-state index in [1.807, 2.05) is 6.07 Å². The van der Waals surface area contributed by atoms with Gasteiger partial charge in [-0.3, -0.25) is 4.79 Å². The van der Waals surface area contributed by atoms with E-state index in [0.29, 0.717) is 24.3 Å². The summed E-state index contributed by atoms with van der Waals surface area (Å²) in [7, 11) is -3.82. The van der Waals surface area contributed by atoms with Crippen LogP contribution in [0.2, 0.25) is 0 Å². The highest BCUT2D eigenvalue weighted by Gasteiger charge is 2.28. The fraction of sp³-hybridized carbons (Fsp3) is 0.412.